The summed E-state index contributed by atoms with van der Waals surface area (Å²) in [4.78, 5) is 22.5. The van der Waals surface area contributed by atoms with Gasteiger partial charge in [-0.25, -0.2) is 0 Å². The largest absolute Gasteiger partial charge is 0.469 e. The van der Waals surface area contributed by atoms with E-state index in [2.05, 4.69) is 5.32 Å². The van der Waals surface area contributed by atoms with Gasteiger partial charge in [-0.1, -0.05) is 0 Å². The van der Waals surface area contributed by atoms with Crippen LogP contribution >= 0.6 is 0 Å². The third kappa shape index (κ3) is 5.04. The van der Waals surface area contributed by atoms with Crippen molar-refractivity contribution in [3.05, 3.63) is 0 Å². The van der Waals surface area contributed by atoms with Crippen molar-refractivity contribution >= 4 is 11.9 Å². The second kappa shape index (κ2) is 8.08. The lowest BCUT2D eigenvalue weighted by molar-refractivity contribution is -0.146. The molecule has 0 aromatic carbocycles. The Kier molecular flexibility index (Phi) is 6.72. The van der Waals surface area contributed by atoms with Crippen LogP contribution < -0.4 is 5.32 Å². The highest BCUT2D eigenvalue weighted by Gasteiger charge is 2.26. The average Bonchev–Trinajstić information content (AvgIpc) is 2.39. The topological polar surface area (TPSA) is 64.6 Å². The average molecular weight is 257 g/mol. The molecule has 0 saturated carbocycles. The van der Waals surface area contributed by atoms with E-state index in [9.17, 15) is 9.59 Å². The molecule has 1 saturated heterocycles. The van der Waals surface area contributed by atoms with Crippen molar-refractivity contribution in [3.63, 3.8) is 0 Å². The number of piperidine rings is 1. The molecule has 0 bridgehead atoms. The van der Waals surface area contributed by atoms with Crippen molar-refractivity contribution < 1.29 is 19.1 Å². The summed E-state index contributed by atoms with van der Waals surface area (Å²) in [6, 6.07) is 0.403. The number of methoxy groups -OCH3 is 1. The molecule has 0 aromatic heterocycles. The first kappa shape index (κ1) is 15.0. The molecule has 0 aliphatic carbocycles. The minimum absolute atomic E-state index is 0.0173. The molecule has 2 unspecified atom stereocenters. The summed E-state index contributed by atoms with van der Waals surface area (Å²) in [7, 11) is 1.42. The molecule has 5 nitrogen and oxygen atoms in total. The normalized spacial score (nSPS) is 23.4. The molecular weight excluding hydrogens is 234 g/mol. The van der Waals surface area contributed by atoms with Crippen LogP contribution in [0.15, 0.2) is 0 Å². The number of carbonyl (C=O) groups is 2. The number of hydrogen-bond donors (Lipinski definition) is 1. The van der Waals surface area contributed by atoms with Crippen LogP contribution in [0.1, 0.15) is 39.0 Å². The third-order valence-corrected chi connectivity index (χ3v) is 3.29. The van der Waals surface area contributed by atoms with Crippen LogP contribution in [-0.2, 0) is 19.1 Å². The molecule has 104 valence electrons. The first-order valence-electron chi connectivity index (χ1n) is 6.64. The molecule has 1 heterocycles. The minimum atomic E-state index is -0.132. The van der Waals surface area contributed by atoms with Crippen molar-refractivity contribution in [2.45, 2.75) is 45.1 Å². The Bertz CT molecular complexity index is 272. The van der Waals surface area contributed by atoms with Crippen LogP contribution in [0.2, 0.25) is 0 Å². The van der Waals surface area contributed by atoms with Gasteiger partial charge in [0.05, 0.1) is 19.6 Å². The van der Waals surface area contributed by atoms with E-state index < -0.39 is 0 Å². The molecule has 0 amide bonds. The number of esters is 2. The molecule has 18 heavy (non-hydrogen) atoms. The maximum Gasteiger partial charge on any atom is 0.309 e. The molecule has 2 atom stereocenters. The Morgan fingerprint density at radius 3 is 2.67 bits per heavy atom. The summed E-state index contributed by atoms with van der Waals surface area (Å²) >= 11 is 0. The molecule has 1 rings (SSSR count). The Balaban J connectivity index is 2.12. The molecule has 0 radical (unpaired) electrons. The lowest BCUT2D eigenvalue weighted by Crippen LogP contribution is -2.42. The van der Waals surface area contributed by atoms with Crippen LogP contribution in [0, 0.1) is 5.92 Å². The van der Waals surface area contributed by atoms with E-state index in [1.54, 1.807) is 0 Å². The lowest BCUT2D eigenvalue weighted by Gasteiger charge is -2.28. The summed E-state index contributed by atoms with van der Waals surface area (Å²) in [5.41, 5.74) is 0. The van der Waals surface area contributed by atoms with Gasteiger partial charge < -0.3 is 14.8 Å². The monoisotopic (exact) mass is 257 g/mol. The summed E-state index contributed by atoms with van der Waals surface area (Å²) in [5.74, 6) is -0.274. The predicted molar refractivity (Wildman–Crippen MR) is 67.0 cm³/mol. The number of rotatable bonds is 6. The van der Waals surface area contributed by atoms with E-state index in [1.807, 2.05) is 6.92 Å². The molecule has 1 N–H and O–H groups in total. The van der Waals surface area contributed by atoms with Gasteiger partial charge in [0.1, 0.15) is 0 Å². The summed E-state index contributed by atoms with van der Waals surface area (Å²) < 4.78 is 9.60. The van der Waals surface area contributed by atoms with Gasteiger partial charge in [0.25, 0.3) is 0 Å². The van der Waals surface area contributed by atoms with E-state index in [0.717, 1.165) is 25.7 Å². The zero-order valence-electron chi connectivity index (χ0n) is 11.2. The highest BCUT2D eigenvalue weighted by atomic mass is 16.5. The lowest BCUT2D eigenvalue weighted by atomic mass is 9.92. The predicted octanol–water partition coefficient (Wildman–Crippen LogP) is 1.26. The van der Waals surface area contributed by atoms with Crippen molar-refractivity contribution in [2.24, 2.45) is 5.92 Å². The van der Waals surface area contributed by atoms with Crippen LogP contribution in [0.4, 0.5) is 0 Å². The Morgan fingerprint density at radius 2 is 2.11 bits per heavy atom. The number of carbonyl (C=O) groups excluding carboxylic acids is 2. The molecule has 1 aliphatic heterocycles. The Morgan fingerprint density at radius 1 is 1.33 bits per heavy atom. The standard InChI is InChI=1S/C13H23NO4/c1-3-18-12(15)6-4-5-11-8-7-10(9-14-11)13(16)17-2/h10-11,14H,3-9H2,1-2H3. The first-order chi connectivity index (χ1) is 8.67. The Labute approximate surface area is 108 Å². The zero-order valence-corrected chi connectivity index (χ0v) is 11.2. The van der Waals surface area contributed by atoms with Crippen molar-refractivity contribution in [1.29, 1.82) is 0 Å². The van der Waals surface area contributed by atoms with Gasteiger partial charge in [-0.05, 0) is 32.6 Å². The maximum absolute atomic E-state index is 11.3. The highest BCUT2D eigenvalue weighted by Crippen LogP contribution is 2.18. The maximum atomic E-state index is 11.3. The van der Waals surface area contributed by atoms with Crippen molar-refractivity contribution in [2.75, 3.05) is 20.3 Å². The summed E-state index contributed by atoms with van der Waals surface area (Å²) in [6.07, 6.45) is 4.09. The molecular formula is C13H23NO4. The van der Waals surface area contributed by atoms with Gasteiger partial charge in [0, 0.05) is 19.0 Å². The fourth-order valence-corrected chi connectivity index (χ4v) is 2.26. The number of ether oxygens (including phenoxy) is 2. The van der Waals surface area contributed by atoms with Crippen LogP contribution in [-0.4, -0.2) is 38.2 Å². The molecule has 5 heteroatoms. The third-order valence-electron chi connectivity index (χ3n) is 3.29. The van der Waals surface area contributed by atoms with E-state index in [4.69, 9.17) is 9.47 Å². The molecule has 1 fully saturated rings. The van der Waals surface area contributed by atoms with Gasteiger partial charge in [0.15, 0.2) is 0 Å². The minimum Gasteiger partial charge on any atom is -0.469 e. The van der Waals surface area contributed by atoms with E-state index in [1.165, 1.54) is 7.11 Å². The van der Waals surface area contributed by atoms with Crippen LogP contribution in [0.25, 0.3) is 0 Å². The zero-order chi connectivity index (χ0) is 13.4. The van der Waals surface area contributed by atoms with E-state index in [-0.39, 0.29) is 17.9 Å². The fourth-order valence-electron chi connectivity index (χ4n) is 2.26. The van der Waals surface area contributed by atoms with Crippen LogP contribution in [0.3, 0.4) is 0 Å². The number of nitrogens with one attached hydrogen (secondary N) is 1. The molecule has 1 aliphatic rings. The SMILES string of the molecule is CCOC(=O)CCCC1CCC(C(=O)OC)CN1. The number of hydrogen-bond acceptors (Lipinski definition) is 5. The second-order valence-electron chi connectivity index (χ2n) is 4.60. The van der Waals surface area contributed by atoms with Gasteiger partial charge in [0.2, 0.25) is 0 Å². The van der Waals surface area contributed by atoms with Gasteiger partial charge >= 0.3 is 11.9 Å². The quantitative estimate of drug-likeness (QED) is 0.726. The van der Waals surface area contributed by atoms with Gasteiger partial charge in [-0.2, -0.15) is 0 Å². The van der Waals surface area contributed by atoms with Gasteiger partial charge in [-0.15, -0.1) is 0 Å². The first-order valence-corrected chi connectivity index (χ1v) is 6.64. The molecule has 0 spiro atoms. The van der Waals surface area contributed by atoms with Crippen LogP contribution in [0.5, 0.6) is 0 Å². The Hall–Kier alpha value is -1.10. The highest BCUT2D eigenvalue weighted by molar-refractivity contribution is 5.72. The molecule has 0 aromatic rings. The fraction of sp³-hybridized carbons (Fsp3) is 0.846. The van der Waals surface area contributed by atoms with Gasteiger partial charge in [-0.3, -0.25) is 9.59 Å². The van der Waals surface area contributed by atoms with E-state index >= 15 is 0 Å². The summed E-state index contributed by atoms with van der Waals surface area (Å²) in [5, 5.41) is 3.34. The summed E-state index contributed by atoms with van der Waals surface area (Å²) in [6.45, 7) is 2.94. The smallest absolute Gasteiger partial charge is 0.309 e. The van der Waals surface area contributed by atoms with Crippen molar-refractivity contribution in [1.82, 2.24) is 5.32 Å². The second-order valence-corrected chi connectivity index (χ2v) is 4.60. The van der Waals surface area contributed by atoms with E-state index in [0.29, 0.717) is 25.6 Å². The van der Waals surface area contributed by atoms with Crippen molar-refractivity contribution in [3.8, 4) is 0 Å².